The van der Waals surface area contributed by atoms with Gasteiger partial charge in [-0.15, -0.1) is 0 Å². The van der Waals surface area contributed by atoms with E-state index in [0.29, 0.717) is 4.90 Å². The molecule has 0 N–H and O–H groups in total. The maximum absolute atomic E-state index is 12.3. The Balaban J connectivity index is 3.20. The highest BCUT2D eigenvalue weighted by Crippen LogP contribution is 2.30. The van der Waals surface area contributed by atoms with E-state index in [2.05, 4.69) is 20.8 Å². The van der Waals surface area contributed by atoms with Gasteiger partial charge in [0, 0.05) is 0 Å². The average molecular weight is 268 g/mol. The molecule has 0 aliphatic rings. The quantitative estimate of drug-likeness (QED) is 0.832. The number of benzene rings is 1. The van der Waals surface area contributed by atoms with Crippen molar-refractivity contribution in [3.05, 3.63) is 29.8 Å². The molecule has 0 amide bonds. The summed E-state index contributed by atoms with van der Waals surface area (Å²) in [6.45, 7) is 11.7. The lowest BCUT2D eigenvalue weighted by atomic mass is 9.82. The molecule has 0 aliphatic heterocycles. The Bertz CT molecular complexity index is 502. The zero-order chi connectivity index (χ0) is 14.2. The number of hydrogen-bond donors (Lipinski definition) is 0. The number of hydrogen-bond acceptors (Lipinski definition) is 2. The van der Waals surface area contributed by atoms with Gasteiger partial charge in [0.1, 0.15) is 0 Å². The van der Waals surface area contributed by atoms with Crippen LogP contribution in [0.15, 0.2) is 29.2 Å². The smallest absolute Gasteiger partial charge is 0.183 e. The van der Waals surface area contributed by atoms with Crippen molar-refractivity contribution in [3.63, 3.8) is 0 Å². The predicted octanol–water partition coefficient (Wildman–Crippen LogP) is 3.95. The highest BCUT2D eigenvalue weighted by atomic mass is 32.2. The third-order valence-electron chi connectivity index (χ3n) is 3.64. The molecule has 0 saturated heterocycles. The van der Waals surface area contributed by atoms with Crippen LogP contribution in [0.2, 0.25) is 0 Å². The summed E-state index contributed by atoms with van der Waals surface area (Å²) in [5.41, 5.74) is 1.27. The Kier molecular flexibility index (Phi) is 3.97. The van der Waals surface area contributed by atoms with Gasteiger partial charge >= 0.3 is 0 Å². The second-order valence-corrected chi connectivity index (χ2v) is 9.08. The van der Waals surface area contributed by atoms with Crippen LogP contribution in [-0.2, 0) is 15.3 Å². The van der Waals surface area contributed by atoms with Crippen LogP contribution < -0.4 is 0 Å². The monoisotopic (exact) mass is 268 g/mol. The van der Waals surface area contributed by atoms with E-state index in [1.165, 1.54) is 5.56 Å². The Morgan fingerprint density at radius 3 is 1.72 bits per heavy atom. The Morgan fingerprint density at radius 2 is 1.39 bits per heavy atom. The summed E-state index contributed by atoms with van der Waals surface area (Å²) in [6.07, 6.45) is 1.03. The second kappa shape index (κ2) is 4.69. The largest absolute Gasteiger partial charge is 0.223 e. The molecule has 1 aromatic carbocycles. The van der Waals surface area contributed by atoms with Crippen molar-refractivity contribution in [1.29, 1.82) is 0 Å². The van der Waals surface area contributed by atoms with E-state index in [1.54, 1.807) is 32.9 Å². The van der Waals surface area contributed by atoms with Gasteiger partial charge in [-0.05, 0) is 50.3 Å². The summed E-state index contributed by atoms with van der Waals surface area (Å²) < 4.78 is 23.8. The van der Waals surface area contributed by atoms with Crippen molar-refractivity contribution in [2.24, 2.45) is 0 Å². The summed E-state index contributed by atoms with van der Waals surface area (Å²) in [5.74, 6) is 0. The van der Waals surface area contributed by atoms with Gasteiger partial charge in [-0.25, -0.2) is 8.42 Å². The normalized spacial score (nSPS) is 13.7. The van der Waals surface area contributed by atoms with Gasteiger partial charge in [0.05, 0.1) is 9.64 Å². The molecule has 0 bridgehead atoms. The predicted molar refractivity (Wildman–Crippen MR) is 76.7 cm³/mol. The van der Waals surface area contributed by atoms with Crippen molar-refractivity contribution in [2.75, 3.05) is 0 Å². The van der Waals surface area contributed by atoms with Gasteiger partial charge in [0.2, 0.25) is 0 Å². The van der Waals surface area contributed by atoms with Crippen molar-refractivity contribution < 1.29 is 8.42 Å². The highest BCUT2D eigenvalue weighted by molar-refractivity contribution is 7.92. The first-order valence-corrected chi connectivity index (χ1v) is 7.86. The SMILES string of the molecule is CCC(C)(C)c1ccc(S(=O)(=O)C(C)(C)C)cc1. The Labute approximate surface area is 111 Å². The van der Waals surface area contributed by atoms with Crippen molar-refractivity contribution in [1.82, 2.24) is 0 Å². The molecule has 18 heavy (non-hydrogen) atoms. The Hall–Kier alpha value is -0.830. The molecule has 0 unspecified atom stereocenters. The zero-order valence-electron chi connectivity index (χ0n) is 12.2. The van der Waals surface area contributed by atoms with Crippen LogP contribution in [0.4, 0.5) is 0 Å². The molecule has 0 saturated carbocycles. The molecule has 0 heterocycles. The van der Waals surface area contributed by atoms with Crippen molar-refractivity contribution in [3.8, 4) is 0 Å². The fourth-order valence-corrected chi connectivity index (χ4v) is 2.84. The molecule has 3 heteroatoms. The zero-order valence-corrected chi connectivity index (χ0v) is 13.1. The first kappa shape index (κ1) is 15.2. The van der Waals surface area contributed by atoms with Crippen LogP contribution in [-0.4, -0.2) is 13.2 Å². The first-order valence-electron chi connectivity index (χ1n) is 6.37. The van der Waals surface area contributed by atoms with Crippen molar-refractivity contribution in [2.45, 2.75) is 63.0 Å². The summed E-state index contributed by atoms with van der Waals surface area (Å²) in [5, 5.41) is 0. The average Bonchev–Trinajstić information content (AvgIpc) is 2.27. The van der Waals surface area contributed by atoms with Crippen LogP contribution in [0.25, 0.3) is 0 Å². The summed E-state index contributed by atoms with van der Waals surface area (Å²) in [6, 6.07) is 7.32. The van der Waals surface area contributed by atoms with E-state index in [1.807, 2.05) is 12.1 Å². The summed E-state index contributed by atoms with van der Waals surface area (Å²) in [4.78, 5) is 0.408. The van der Waals surface area contributed by atoms with E-state index in [4.69, 9.17) is 0 Å². The molecule has 0 atom stereocenters. The molecule has 2 nitrogen and oxygen atoms in total. The van der Waals surface area contributed by atoms with Crippen molar-refractivity contribution >= 4 is 9.84 Å². The third kappa shape index (κ3) is 2.77. The lowest BCUT2D eigenvalue weighted by Crippen LogP contribution is -2.28. The molecule has 0 aliphatic carbocycles. The minimum atomic E-state index is -3.25. The molecule has 0 spiro atoms. The fraction of sp³-hybridized carbons (Fsp3) is 0.600. The number of sulfone groups is 1. The maximum atomic E-state index is 12.3. The van der Waals surface area contributed by atoms with Crippen LogP contribution in [0, 0.1) is 0 Å². The molecule has 0 fully saturated rings. The van der Waals surface area contributed by atoms with E-state index in [0.717, 1.165) is 6.42 Å². The van der Waals surface area contributed by atoms with Gasteiger partial charge in [-0.2, -0.15) is 0 Å². The van der Waals surface area contributed by atoms with Crippen LogP contribution >= 0.6 is 0 Å². The molecule has 0 aromatic heterocycles. The van der Waals surface area contributed by atoms with Gasteiger partial charge < -0.3 is 0 Å². The maximum Gasteiger partial charge on any atom is 0.183 e. The minimum Gasteiger partial charge on any atom is -0.223 e. The first-order chi connectivity index (χ1) is 8.02. The fourth-order valence-electron chi connectivity index (χ4n) is 1.64. The van der Waals surface area contributed by atoms with Gasteiger partial charge in [0.25, 0.3) is 0 Å². The minimum absolute atomic E-state index is 0.0873. The van der Waals surface area contributed by atoms with E-state index in [-0.39, 0.29) is 5.41 Å². The summed E-state index contributed by atoms with van der Waals surface area (Å²) >= 11 is 0. The van der Waals surface area contributed by atoms with E-state index < -0.39 is 14.6 Å². The molecule has 1 rings (SSSR count). The van der Waals surface area contributed by atoms with Gasteiger partial charge in [-0.3, -0.25) is 0 Å². The lowest BCUT2D eigenvalue weighted by Gasteiger charge is -2.24. The second-order valence-electron chi connectivity index (χ2n) is 6.38. The summed E-state index contributed by atoms with van der Waals surface area (Å²) in [7, 11) is -3.25. The third-order valence-corrected chi connectivity index (χ3v) is 6.14. The topological polar surface area (TPSA) is 34.1 Å². The molecular formula is C15H24O2S. The van der Waals surface area contributed by atoms with Crippen LogP contribution in [0.3, 0.4) is 0 Å². The van der Waals surface area contributed by atoms with Crippen LogP contribution in [0.5, 0.6) is 0 Å². The Morgan fingerprint density at radius 1 is 0.944 bits per heavy atom. The van der Waals surface area contributed by atoms with E-state index in [9.17, 15) is 8.42 Å². The molecule has 102 valence electrons. The molecule has 1 aromatic rings. The number of rotatable bonds is 3. The standard InChI is InChI=1S/C15H24O2S/c1-7-15(5,6)12-8-10-13(11-9-12)18(16,17)14(2,3)4/h8-11H,7H2,1-6H3. The van der Waals surface area contributed by atoms with Gasteiger partial charge in [0.15, 0.2) is 9.84 Å². The van der Waals surface area contributed by atoms with Crippen LogP contribution in [0.1, 0.15) is 53.5 Å². The molecular weight excluding hydrogens is 244 g/mol. The lowest BCUT2D eigenvalue weighted by molar-refractivity contribution is 0.505. The highest BCUT2D eigenvalue weighted by Gasteiger charge is 2.31. The molecule has 0 radical (unpaired) electrons. The van der Waals surface area contributed by atoms with Gasteiger partial charge in [-0.1, -0.05) is 32.9 Å². The van der Waals surface area contributed by atoms with E-state index >= 15 is 0 Å².